The van der Waals surface area contributed by atoms with Gasteiger partial charge in [-0.3, -0.25) is 14.4 Å². The summed E-state index contributed by atoms with van der Waals surface area (Å²) in [7, 11) is 0. The molecule has 1 aromatic heterocycles. The van der Waals surface area contributed by atoms with Gasteiger partial charge in [0.05, 0.1) is 11.7 Å². The van der Waals surface area contributed by atoms with Gasteiger partial charge in [0.2, 0.25) is 5.91 Å². The number of aromatic amines is 1. The average Bonchev–Trinajstić information content (AvgIpc) is 3.30. The monoisotopic (exact) mass is 542 g/mol. The van der Waals surface area contributed by atoms with Crippen LogP contribution in [-0.4, -0.2) is 51.4 Å². The molecule has 1 aromatic carbocycles. The SMILES string of the molecule is C/C1=C/[C@@H](C)C/C=C/[C@H]2[C@@H]3O[C@]3(C)[C@@H](C)[C@H]3[C@H]([C@@H](C)c4c[nH]c5ccccc45)NC(=O)[C@]32C(=O)/C=C/C(=O)[C@@H]1O. The molecule has 10 atom stereocenters. The van der Waals surface area contributed by atoms with Crippen LogP contribution in [-0.2, 0) is 19.1 Å². The quantitative estimate of drug-likeness (QED) is 0.296. The second kappa shape index (κ2) is 9.38. The number of allylic oxidation sites excluding steroid dienone is 3. The first-order valence-electron chi connectivity index (χ1n) is 14.4. The molecule has 2 saturated heterocycles. The number of epoxide rings is 1. The number of benzene rings is 1. The van der Waals surface area contributed by atoms with Gasteiger partial charge in [0.1, 0.15) is 11.5 Å². The summed E-state index contributed by atoms with van der Waals surface area (Å²) in [6.45, 7) is 10.0. The van der Waals surface area contributed by atoms with Crippen LogP contribution in [0, 0.1) is 29.1 Å². The van der Waals surface area contributed by atoms with E-state index < -0.39 is 34.6 Å². The van der Waals surface area contributed by atoms with E-state index in [0.29, 0.717) is 12.0 Å². The second-order valence-electron chi connectivity index (χ2n) is 12.6. The largest absolute Gasteiger partial charge is 0.381 e. The van der Waals surface area contributed by atoms with Crippen LogP contribution < -0.4 is 5.32 Å². The Bertz CT molecular complexity index is 1480. The number of rotatable bonds is 2. The van der Waals surface area contributed by atoms with Crippen molar-refractivity contribution in [2.24, 2.45) is 29.1 Å². The van der Waals surface area contributed by atoms with E-state index >= 15 is 0 Å². The highest BCUT2D eigenvalue weighted by atomic mass is 16.6. The maximum atomic E-state index is 14.4. The van der Waals surface area contributed by atoms with E-state index in [1.165, 1.54) is 6.08 Å². The lowest BCUT2D eigenvalue weighted by Crippen LogP contribution is -2.58. The van der Waals surface area contributed by atoms with E-state index in [1.807, 2.05) is 49.5 Å². The summed E-state index contributed by atoms with van der Waals surface area (Å²) < 4.78 is 6.36. The summed E-state index contributed by atoms with van der Waals surface area (Å²) in [6, 6.07) is 7.76. The number of fused-ring (bicyclic) bond motifs is 3. The van der Waals surface area contributed by atoms with Crippen molar-refractivity contribution in [3.05, 3.63) is 72.0 Å². The summed E-state index contributed by atoms with van der Waals surface area (Å²) >= 11 is 0. The number of carbonyl (C=O) groups is 3. The molecule has 3 N–H and O–H groups in total. The third-order valence-electron chi connectivity index (χ3n) is 10.3. The highest BCUT2D eigenvalue weighted by molar-refractivity contribution is 6.15. The van der Waals surface area contributed by atoms with Gasteiger partial charge in [0.25, 0.3) is 0 Å². The molecule has 1 spiro atoms. The highest BCUT2D eigenvalue weighted by Gasteiger charge is 2.78. The van der Waals surface area contributed by atoms with Gasteiger partial charge < -0.3 is 20.1 Å². The number of H-pyrrole nitrogens is 1. The Morgan fingerprint density at radius 1 is 1.12 bits per heavy atom. The fourth-order valence-electron chi connectivity index (χ4n) is 7.96. The average molecular weight is 543 g/mol. The van der Waals surface area contributed by atoms with Gasteiger partial charge in [-0.1, -0.05) is 57.2 Å². The minimum atomic E-state index is -1.43. The van der Waals surface area contributed by atoms with Crippen LogP contribution in [0.1, 0.15) is 52.5 Å². The van der Waals surface area contributed by atoms with Crippen molar-refractivity contribution in [3.63, 3.8) is 0 Å². The fraction of sp³-hybridized carbons (Fsp3) is 0.485. The predicted molar refractivity (Wildman–Crippen MR) is 152 cm³/mol. The van der Waals surface area contributed by atoms with Crippen molar-refractivity contribution in [1.82, 2.24) is 10.3 Å². The van der Waals surface area contributed by atoms with Crippen molar-refractivity contribution in [1.29, 1.82) is 0 Å². The van der Waals surface area contributed by atoms with Crippen LogP contribution in [0.25, 0.3) is 10.9 Å². The summed E-state index contributed by atoms with van der Waals surface area (Å²) in [4.78, 5) is 44.9. The minimum absolute atomic E-state index is 0.0620. The first-order chi connectivity index (χ1) is 19.0. The standard InChI is InChI=1S/C33H38N2O5/c1-17-9-8-11-23-30-32(5,40-30)20(4)27-28(19(3)22-16-34-24-12-7-6-10-21(22)24)35-31(39)33(23,27)26(37)14-13-25(36)29(38)18(2)15-17/h6-8,10-17,19-20,23,27-30,34,38H,9H2,1-5H3,(H,35,39)/b11-8+,14-13+,18-15-/t17-,19-,20-,23-,27-,28-,29+,30-,32+,33+/m0/s1. The molecular weight excluding hydrogens is 504 g/mol. The number of amides is 1. The Kier molecular flexibility index (Phi) is 6.31. The minimum Gasteiger partial charge on any atom is -0.381 e. The van der Waals surface area contributed by atoms with E-state index in [9.17, 15) is 19.5 Å². The lowest BCUT2D eigenvalue weighted by molar-refractivity contribution is -0.145. The van der Waals surface area contributed by atoms with Crippen molar-refractivity contribution < 1.29 is 24.2 Å². The smallest absolute Gasteiger partial charge is 0.235 e. The summed E-state index contributed by atoms with van der Waals surface area (Å²) in [5.74, 6) is -2.26. The molecule has 40 heavy (non-hydrogen) atoms. The predicted octanol–water partition coefficient (Wildman–Crippen LogP) is 4.39. The number of hydrogen-bond acceptors (Lipinski definition) is 5. The molecule has 2 aliphatic carbocycles. The molecule has 0 radical (unpaired) electrons. The van der Waals surface area contributed by atoms with E-state index in [1.54, 1.807) is 6.92 Å². The molecule has 1 amide bonds. The molecule has 7 nitrogen and oxygen atoms in total. The van der Waals surface area contributed by atoms with Crippen molar-refractivity contribution in [2.45, 2.75) is 70.8 Å². The number of aliphatic hydroxyl groups excluding tert-OH is 1. The van der Waals surface area contributed by atoms with Crippen LogP contribution in [0.4, 0.5) is 0 Å². The second-order valence-corrected chi connectivity index (χ2v) is 12.6. The molecule has 6 rings (SSSR count). The normalized spacial score (nSPS) is 43.1. The summed E-state index contributed by atoms with van der Waals surface area (Å²) in [6.07, 6.45) is 9.34. The molecule has 7 heteroatoms. The number of ketones is 2. The number of hydrogen-bond donors (Lipinski definition) is 3. The van der Waals surface area contributed by atoms with Crippen LogP contribution >= 0.6 is 0 Å². The maximum Gasteiger partial charge on any atom is 0.235 e. The molecular formula is C33H38N2O5. The Morgan fingerprint density at radius 2 is 1.88 bits per heavy atom. The van der Waals surface area contributed by atoms with Gasteiger partial charge in [-0.15, -0.1) is 0 Å². The van der Waals surface area contributed by atoms with Gasteiger partial charge in [-0.05, 0) is 61.5 Å². The van der Waals surface area contributed by atoms with Gasteiger partial charge in [0, 0.05) is 40.9 Å². The first kappa shape index (κ1) is 26.9. The van der Waals surface area contributed by atoms with E-state index in [-0.39, 0.29) is 41.7 Å². The zero-order valence-corrected chi connectivity index (χ0v) is 23.7. The molecule has 210 valence electrons. The molecule has 0 bridgehead atoms. The molecule has 2 aliphatic heterocycles. The van der Waals surface area contributed by atoms with Crippen molar-refractivity contribution in [3.8, 4) is 0 Å². The van der Waals surface area contributed by atoms with Gasteiger partial charge in [0.15, 0.2) is 11.6 Å². The lowest BCUT2D eigenvalue weighted by Gasteiger charge is -2.46. The van der Waals surface area contributed by atoms with E-state index in [4.69, 9.17) is 4.74 Å². The number of aromatic nitrogens is 1. The highest BCUT2D eigenvalue weighted by Crippen LogP contribution is 2.66. The molecule has 4 aliphatic rings. The molecule has 1 saturated carbocycles. The number of ether oxygens (including phenoxy) is 1. The summed E-state index contributed by atoms with van der Waals surface area (Å²) in [5, 5.41) is 15.0. The third kappa shape index (κ3) is 3.74. The van der Waals surface area contributed by atoms with Crippen molar-refractivity contribution >= 4 is 28.4 Å². The Morgan fingerprint density at radius 3 is 2.65 bits per heavy atom. The maximum absolute atomic E-state index is 14.4. The van der Waals surface area contributed by atoms with E-state index in [2.05, 4.69) is 37.1 Å². The molecule has 3 heterocycles. The fourth-order valence-corrected chi connectivity index (χ4v) is 7.96. The Labute approximate surface area is 234 Å². The van der Waals surface area contributed by atoms with Gasteiger partial charge >= 0.3 is 0 Å². The van der Waals surface area contributed by atoms with Crippen LogP contribution in [0.2, 0.25) is 0 Å². The van der Waals surface area contributed by atoms with Crippen molar-refractivity contribution in [2.75, 3.05) is 0 Å². The lowest BCUT2D eigenvalue weighted by atomic mass is 9.51. The van der Waals surface area contributed by atoms with Gasteiger partial charge in [-0.25, -0.2) is 0 Å². The van der Waals surface area contributed by atoms with Gasteiger partial charge in [-0.2, -0.15) is 0 Å². The zero-order chi connectivity index (χ0) is 28.6. The molecule has 3 fully saturated rings. The number of aliphatic hydroxyl groups is 1. The third-order valence-corrected chi connectivity index (χ3v) is 10.3. The number of nitrogens with one attached hydrogen (secondary N) is 2. The van der Waals surface area contributed by atoms with Crippen LogP contribution in [0.15, 0.2) is 66.4 Å². The van der Waals surface area contributed by atoms with Crippen LogP contribution in [0.5, 0.6) is 0 Å². The topological polar surface area (TPSA) is 112 Å². The zero-order valence-electron chi connectivity index (χ0n) is 23.7. The number of para-hydroxylation sites is 1. The molecule has 0 unspecified atom stereocenters. The van der Waals surface area contributed by atoms with E-state index in [0.717, 1.165) is 22.5 Å². The summed E-state index contributed by atoms with van der Waals surface area (Å²) in [5.41, 5.74) is 0.772. The Hall–Kier alpha value is -3.29. The molecule has 2 aromatic rings. The number of carbonyl (C=O) groups excluding carboxylic acids is 3. The van der Waals surface area contributed by atoms with Crippen LogP contribution in [0.3, 0.4) is 0 Å². The Balaban J connectivity index is 1.49. The first-order valence-corrected chi connectivity index (χ1v) is 14.4.